The van der Waals surface area contributed by atoms with Gasteiger partial charge in [0.25, 0.3) is 0 Å². The third kappa shape index (κ3) is 19.6. The van der Waals surface area contributed by atoms with Crippen LogP contribution in [0.5, 0.6) is 0 Å². The molecule has 1 heterocycles. The number of carbonyl (C=O) groups is 12. The minimum Gasteiger partial charge on any atom is -0.456 e. The molecule has 10 N–H and O–H groups in total. The average Bonchev–Trinajstić information content (AvgIpc) is 0.668. The summed E-state index contributed by atoms with van der Waals surface area (Å²) in [6.45, 7) is 18.3. The number of primary amides is 1. The van der Waals surface area contributed by atoms with Gasteiger partial charge in [0.05, 0.1) is 23.7 Å². The van der Waals surface area contributed by atoms with E-state index in [1.807, 2.05) is 0 Å². The van der Waals surface area contributed by atoms with Gasteiger partial charge in [-0.2, -0.15) is 0 Å². The van der Waals surface area contributed by atoms with Crippen LogP contribution in [0.3, 0.4) is 0 Å². The van der Waals surface area contributed by atoms with E-state index in [9.17, 15) is 68.1 Å². The SMILES string of the molecule is CC(=O)O[C@@]12CO[C@@H]1C[C@H](OC(=O)N(C)CCN(C)C(=O)OCc1ccc(NC(=O)[C@H](CCCNC(N)=O)NC(=O)[C@@H](NC(=O)CCCC(=O)C(C)C)C(C)C)cc1)[C@@]1(C)C(=O)[C@H](O)C3=C(C)[C@@H](OC(=O)[C@H](O)[C@@H](NC(=O)OC(C)(C)C)c4ccccc4)C[C@@](O)([C@@H](CC(=O)c4ccccc4)[C@H]21)C3(C)C. The maximum Gasteiger partial charge on any atom is 0.409 e. The molecular weight excluding hydrogens is 1360 g/mol. The number of amides is 8. The molecule has 0 aromatic heterocycles. The van der Waals surface area contributed by atoms with Gasteiger partial charge in [0, 0.05) is 107 Å². The topological polar surface area (TPSA) is 414 Å². The highest BCUT2D eigenvalue weighted by Crippen LogP contribution is 2.67. The number of anilines is 1. The van der Waals surface area contributed by atoms with Gasteiger partial charge in [-0.1, -0.05) is 114 Å². The van der Waals surface area contributed by atoms with Gasteiger partial charge in [-0.3, -0.25) is 33.6 Å². The molecule has 0 unspecified atom stereocenters. The second-order valence-corrected chi connectivity index (χ2v) is 30.2. The number of ketones is 3. The summed E-state index contributed by atoms with van der Waals surface area (Å²) in [7, 11) is 2.80. The molecule has 3 aromatic carbocycles. The number of fused-ring (bicyclic) bond motifs is 5. The summed E-state index contributed by atoms with van der Waals surface area (Å²) >= 11 is 0. The summed E-state index contributed by atoms with van der Waals surface area (Å²) in [4.78, 5) is 167. The second-order valence-electron chi connectivity index (χ2n) is 30.2. The first-order valence-corrected chi connectivity index (χ1v) is 35.5. The number of nitrogens with one attached hydrogen (secondary N) is 5. The fraction of sp³-hybridized carbons (Fsp3) is 0.579. The Morgan fingerprint density at radius 3 is 1.98 bits per heavy atom. The first-order valence-electron chi connectivity index (χ1n) is 35.5. The Hall–Kier alpha value is -9.32. The fourth-order valence-corrected chi connectivity index (χ4v) is 14.7. The van der Waals surface area contributed by atoms with Crippen LogP contribution >= 0.6 is 0 Å². The number of Topliss-reactive ketones (excluding diaryl/α,β-unsaturated/α-hetero) is 3. The number of hydrogen-bond donors (Lipinski definition) is 9. The number of hydrogen-bond acceptors (Lipinski definition) is 21. The molecule has 574 valence electrons. The van der Waals surface area contributed by atoms with Crippen molar-refractivity contribution < 1.29 is 101 Å². The number of esters is 2. The Morgan fingerprint density at radius 2 is 1.41 bits per heavy atom. The molecule has 13 atom stereocenters. The van der Waals surface area contributed by atoms with E-state index in [2.05, 4.69) is 26.6 Å². The zero-order valence-corrected chi connectivity index (χ0v) is 62.4. The normalized spacial score (nSPS) is 24.2. The molecular formula is C76H104N8O21. The number of alkyl carbamates (subject to hydrolysis) is 1. The van der Waals surface area contributed by atoms with Gasteiger partial charge in [0.1, 0.15) is 54.5 Å². The molecule has 1 aliphatic heterocycles. The standard InChI is InChI=1S/C76H104N8O21/c1-42(2)52(86)28-21-29-57(88)81-59(43(3)4)66(93)80-51(27-22-34-78-68(77)95)65(92)79-49-32-30-46(31-33-49)40-100-70(97)83(13)35-36-84(14)71(98)103-55-38-56-75(41-101-56,104-45(6)85)63-50(37-53(87)47-23-17-15-18-24-47)76(99)39-54(44(5)58(73(76,10)11)61(89)64(91)74(55,63)12)102-67(94)62(90)60(48-25-19-16-20-26-48)82-69(96)105-72(7,8)9/h15-20,23-26,30-33,42-43,50-51,54-56,59-63,89-90,99H,21-22,27-29,34-41H2,1-14H3,(H,79,92)(H,80,93)(H,81,88)(H,82,96)(H3,77,78,95)/t50-,51-,54-,55-,56+,59-,60-,61+,62+,63-,74+,75-,76+/m0/s1. The summed E-state index contributed by atoms with van der Waals surface area (Å²) in [6, 6.07) is 18.1. The van der Waals surface area contributed by atoms with Gasteiger partial charge < -0.3 is 85.9 Å². The highest BCUT2D eigenvalue weighted by molar-refractivity contribution is 5.99. The van der Waals surface area contributed by atoms with E-state index in [-0.39, 0.29) is 105 Å². The molecule has 2 saturated carbocycles. The second kappa shape index (κ2) is 34.7. The van der Waals surface area contributed by atoms with E-state index in [0.717, 1.165) is 11.8 Å². The van der Waals surface area contributed by atoms with Crippen molar-refractivity contribution in [2.75, 3.05) is 45.7 Å². The minimum atomic E-state index is -2.33. The molecule has 3 aromatic rings. The van der Waals surface area contributed by atoms with Gasteiger partial charge in [0.15, 0.2) is 23.3 Å². The van der Waals surface area contributed by atoms with Crippen molar-refractivity contribution in [1.29, 1.82) is 0 Å². The van der Waals surface area contributed by atoms with Crippen molar-refractivity contribution in [3.05, 3.63) is 113 Å². The van der Waals surface area contributed by atoms with Crippen LogP contribution in [-0.4, -0.2) is 196 Å². The van der Waals surface area contributed by atoms with Gasteiger partial charge in [-0.25, -0.2) is 24.0 Å². The number of ether oxygens (including phenoxy) is 6. The third-order valence-corrected chi connectivity index (χ3v) is 20.6. The lowest BCUT2D eigenvalue weighted by molar-refractivity contribution is -0.339. The van der Waals surface area contributed by atoms with Crippen LogP contribution in [0.1, 0.15) is 162 Å². The van der Waals surface area contributed by atoms with Gasteiger partial charge in [0.2, 0.25) is 17.7 Å². The summed E-state index contributed by atoms with van der Waals surface area (Å²) in [6.07, 6.45) is -11.8. The number of carbonyl (C=O) groups excluding carboxylic acids is 12. The first-order chi connectivity index (χ1) is 49.2. The fourth-order valence-electron chi connectivity index (χ4n) is 14.7. The Labute approximate surface area is 612 Å². The van der Waals surface area contributed by atoms with Crippen molar-refractivity contribution in [2.24, 2.45) is 40.2 Å². The predicted octanol–water partition coefficient (Wildman–Crippen LogP) is 6.68. The van der Waals surface area contributed by atoms with E-state index in [1.54, 1.807) is 147 Å². The number of aliphatic hydroxyl groups excluding tert-OH is 2. The lowest BCUT2D eigenvalue weighted by Crippen LogP contribution is -2.80. The Bertz CT molecular complexity index is 3710. The van der Waals surface area contributed by atoms with Crippen molar-refractivity contribution >= 4 is 77.0 Å². The van der Waals surface area contributed by atoms with E-state index in [1.165, 1.54) is 32.8 Å². The van der Waals surface area contributed by atoms with Crippen molar-refractivity contribution in [3.8, 4) is 0 Å². The summed E-state index contributed by atoms with van der Waals surface area (Å²) < 4.78 is 36.1. The van der Waals surface area contributed by atoms with Crippen LogP contribution in [-0.2, 0) is 68.6 Å². The van der Waals surface area contributed by atoms with Crippen molar-refractivity contribution in [2.45, 2.75) is 207 Å². The number of urea groups is 1. The molecule has 8 amide bonds. The Kier molecular flexibility index (Phi) is 27.4. The lowest BCUT2D eigenvalue weighted by atomic mass is 9.41. The highest BCUT2D eigenvalue weighted by atomic mass is 16.6. The molecule has 4 aliphatic rings. The minimum absolute atomic E-state index is 0.0172. The molecule has 3 aliphatic carbocycles. The summed E-state index contributed by atoms with van der Waals surface area (Å²) in [5, 5.41) is 52.3. The maximum absolute atomic E-state index is 16.1. The van der Waals surface area contributed by atoms with Gasteiger partial charge >= 0.3 is 36.2 Å². The van der Waals surface area contributed by atoms with Crippen molar-refractivity contribution in [1.82, 2.24) is 31.1 Å². The molecule has 0 spiro atoms. The monoisotopic (exact) mass is 1460 g/mol. The van der Waals surface area contributed by atoms with Gasteiger partial charge in [-0.15, -0.1) is 0 Å². The lowest BCUT2D eigenvalue weighted by Gasteiger charge is -2.68. The number of likely N-dealkylation sites (N-methyl/N-ethyl adjacent to an activating group) is 2. The summed E-state index contributed by atoms with van der Waals surface area (Å²) in [5.74, 6) is -8.84. The van der Waals surface area contributed by atoms with Crippen LogP contribution < -0.4 is 32.3 Å². The van der Waals surface area contributed by atoms with Crippen LogP contribution in [0.2, 0.25) is 0 Å². The zero-order chi connectivity index (χ0) is 77.8. The number of benzene rings is 3. The smallest absolute Gasteiger partial charge is 0.409 e. The molecule has 1 saturated heterocycles. The summed E-state index contributed by atoms with van der Waals surface area (Å²) in [5.41, 5.74) is -2.43. The molecule has 29 nitrogen and oxygen atoms in total. The average molecular weight is 1470 g/mol. The van der Waals surface area contributed by atoms with E-state index >= 15 is 4.79 Å². The Morgan fingerprint density at radius 1 is 0.790 bits per heavy atom. The highest BCUT2D eigenvalue weighted by Gasteiger charge is 2.77. The van der Waals surface area contributed by atoms with Crippen LogP contribution in [0.4, 0.5) is 24.9 Å². The first kappa shape index (κ1) is 83.0. The number of aliphatic hydroxyl groups is 3. The van der Waals surface area contributed by atoms with E-state index < -0.39 is 166 Å². The molecule has 105 heavy (non-hydrogen) atoms. The quantitative estimate of drug-likeness (QED) is 0.0110. The molecule has 2 bridgehead atoms. The van der Waals surface area contributed by atoms with Crippen molar-refractivity contribution in [3.63, 3.8) is 0 Å². The number of nitrogens with two attached hydrogens (primary N) is 1. The largest absolute Gasteiger partial charge is 0.456 e. The third-order valence-electron chi connectivity index (χ3n) is 20.6. The predicted molar refractivity (Wildman–Crippen MR) is 381 cm³/mol. The molecule has 7 rings (SSSR count). The van der Waals surface area contributed by atoms with E-state index in [4.69, 9.17) is 34.2 Å². The number of nitrogens with zero attached hydrogens (tertiary/aromatic N) is 2. The Balaban J connectivity index is 1.08. The maximum atomic E-state index is 16.1. The van der Waals surface area contributed by atoms with E-state index in [0.29, 0.717) is 17.7 Å². The molecule has 29 heteroatoms. The van der Waals surface area contributed by atoms with Crippen LogP contribution in [0.25, 0.3) is 0 Å². The number of rotatable bonds is 30. The zero-order valence-electron chi connectivity index (χ0n) is 62.4. The molecule has 0 radical (unpaired) electrons. The molecule has 3 fully saturated rings. The van der Waals surface area contributed by atoms with Crippen LogP contribution in [0, 0.1) is 34.5 Å². The van der Waals surface area contributed by atoms with Gasteiger partial charge in [-0.05, 0) is 94.2 Å². The van der Waals surface area contributed by atoms with Crippen LogP contribution in [0.15, 0.2) is 96.1 Å².